The van der Waals surface area contributed by atoms with Gasteiger partial charge in [0, 0.05) is 47.5 Å². The van der Waals surface area contributed by atoms with E-state index in [1.165, 1.54) is 12.1 Å². The van der Waals surface area contributed by atoms with Gasteiger partial charge in [-0.1, -0.05) is 36.4 Å². The predicted octanol–water partition coefficient (Wildman–Crippen LogP) is 4.91. The van der Waals surface area contributed by atoms with Crippen LogP contribution in [0.2, 0.25) is 0 Å². The third-order valence-corrected chi connectivity index (χ3v) is 6.49. The number of hydrogen-bond acceptors (Lipinski definition) is 6. The molecule has 0 saturated carbocycles. The van der Waals surface area contributed by atoms with Gasteiger partial charge in [-0.15, -0.1) is 0 Å². The van der Waals surface area contributed by atoms with E-state index in [0.717, 1.165) is 16.8 Å². The van der Waals surface area contributed by atoms with E-state index in [9.17, 15) is 20.2 Å². The first-order valence-corrected chi connectivity index (χ1v) is 12.4. The van der Waals surface area contributed by atoms with Gasteiger partial charge >= 0.3 is 0 Å². The quantitative estimate of drug-likeness (QED) is 0.189. The van der Waals surface area contributed by atoms with Crippen LogP contribution < -0.4 is 5.32 Å². The molecule has 9 heteroatoms. The van der Waals surface area contributed by atoms with E-state index in [2.05, 4.69) is 16.5 Å². The van der Waals surface area contributed by atoms with Crippen molar-refractivity contribution in [3.8, 4) is 23.0 Å². The second-order valence-electron chi connectivity index (χ2n) is 7.94. The number of nitro groups is 1. The van der Waals surface area contributed by atoms with Crippen LogP contribution in [0.1, 0.15) is 16.7 Å². The van der Waals surface area contributed by atoms with Gasteiger partial charge in [0.1, 0.15) is 0 Å². The minimum Gasteiger partial charge on any atom is -0.355 e. The van der Waals surface area contributed by atoms with E-state index in [1.54, 1.807) is 34.6 Å². The van der Waals surface area contributed by atoms with Gasteiger partial charge < -0.3 is 5.32 Å². The van der Waals surface area contributed by atoms with E-state index in [-0.39, 0.29) is 18.0 Å². The molecule has 1 amide bonds. The molecule has 1 heterocycles. The van der Waals surface area contributed by atoms with Crippen molar-refractivity contribution in [2.75, 3.05) is 12.3 Å². The molecule has 1 N–H and O–H groups in total. The molecule has 0 aliphatic rings. The number of carbonyl (C=O) groups is 1. The predicted molar refractivity (Wildman–Crippen MR) is 140 cm³/mol. The molecular weight excluding hydrogens is 474 g/mol. The number of thioether (sulfide) groups is 1. The summed E-state index contributed by atoms with van der Waals surface area (Å²) in [5, 5.41) is 27.8. The van der Waals surface area contributed by atoms with Crippen molar-refractivity contribution in [3.63, 3.8) is 0 Å². The van der Waals surface area contributed by atoms with Crippen molar-refractivity contribution >= 4 is 23.4 Å². The number of aromatic nitrogens is 2. The summed E-state index contributed by atoms with van der Waals surface area (Å²) in [7, 11) is 0. The standard InChI is InChI=1S/C27H23N5O3S/c28-17-21-6-4-5-7-22(21)19-36-15-14-29-26(33)16-23-18-31(24-8-2-1-3-9-24)30-27(23)20-10-12-25(13-11-20)32(34)35/h1-13,18H,14-16,19H2,(H,29,33). The monoisotopic (exact) mass is 497 g/mol. The summed E-state index contributed by atoms with van der Waals surface area (Å²) in [5.74, 6) is 1.28. The third kappa shape index (κ3) is 6.17. The number of carbonyl (C=O) groups excluding carboxylic acids is 1. The summed E-state index contributed by atoms with van der Waals surface area (Å²) in [6.45, 7) is 0.498. The summed E-state index contributed by atoms with van der Waals surface area (Å²) >= 11 is 1.65. The Kier molecular flexibility index (Phi) is 8.11. The van der Waals surface area contributed by atoms with Crippen LogP contribution in [0.4, 0.5) is 5.69 Å². The normalized spacial score (nSPS) is 10.5. The highest BCUT2D eigenvalue weighted by atomic mass is 32.2. The van der Waals surface area contributed by atoms with Crippen LogP contribution in [0.15, 0.2) is 85.1 Å². The van der Waals surface area contributed by atoms with Crippen LogP contribution >= 0.6 is 11.8 Å². The Morgan fingerprint density at radius 3 is 2.47 bits per heavy atom. The molecule has 0 saturated heterocycles. The van der Waals surface area contributed by atoms with E-state index >= 15 is 0 Å². The number of para-hydroxylation sites is 1. The largest absolute Gasteiger partial charge is 0.355 e. The molecule has 3 aromatic carbocycles. The van der Waals surface area contributed by atoms with Crippen LogP contribution in [0.25, 0.3) is 16.9 Å². The highest BCUT2D eigenvalue weighted by molar-refractivity contribution is 7.98. The highest BCUT2D eigenvalue weighted by Gasteiger charge is 2.16. The zero-order chi connectivity index (χ0) is 25.3. The Hall–Kier alpha value is -4.42. The fourth-order valence-corrected chi connectivity index (χ4v) is 4.53. The Morgan fingerprint density at radius 1 is 1.03 bits per heavy atom. The van der Waals surface area contributed by atoms with Gasteiger partial charge in [-0.25, -0.2) is 4.68 Å². The Bertz CT molecular complexity index is 1400. The third-order valence-electron chi connectivity index (χ3n) is 5.48. The molecule has 0 spiro atoms. The summed E-state index contributed by atoms with van der Waals surface area (Å²) in [6.07, 6.45) is 1.94. The first kappa shape index (κ1) is 24.7. The Morgan fingerprint density at radius 2 is 1.75 bits per heavy atom. The summed E-state index contributed by atoms with van der Waals surface area (Å²) in [6, 6.07) is 25.4. The lowest BCUT2D eigenvalue weighted by molar-refractivity contribution is -0.384. The lowest BCUT2D eigenvalue weighted by Gasteiger charge is -2.07. The van der Waals surface area contributed by atoms with Crippen molar-refractivity contribution in [1.82, 2.24) is 15.1 Å². The molecule has 0 unspecified atom stereocenters. The molecule has 36 heavy (non-hydrogen) atoms. The van der Waals surface area contributed by atoms with Crippen LogP contribution in [0.5, 0.6) is 0 Å². The minimum atomic E-state index is -0.447. The van der Waals surface area contributed by atoms with Gasteiger partial charge in [0.15, 0.2) is 0 Å². The highest BCUT2D eigenvalue weighted by Crippen LogP contribution is 2.26. The number of nitriles is 1. The fourth-order valence-electron chi connectivity index (χ4n) is 3.67. The number of rotatable bonds is 10. The van der Waals surface area contributed by atoms with Crippen molar-refractivity contribution in [3.05, 3.63) is 112 Å². The summed E-state index contributed by atoms with van der Waals surface area (Å²) in [5.41, 5.74) is 4.52. The maximum absolute atomic E-state index is 12.7. The van der Waals surface area contributed by atoms with Crippen LogP contribution in [-0.2, 0) is 17.0 Å². The minimum absolute atomic E-state index is 0.00423. The molecule has 0 atom stereocenters. The number of amides is 1. The van der Waals surface area contributed by atoms with Gasteiger partial charge in [0.05, 0.1) is 34.4 Å². The molecule has 1 aromatic heterocycles. The van der Waals surface area contributed by atoms with Gasteiger partial charge in [0.25, 0.3) is 5.69 Å². The number of non-ortho nitro benzene ring substituents is 1. The summed E-state index contributed by atoms with van der Waals surface area (Å²) < 4.78 is 1.71. The maximum atomic E-state index is 12.7. The van der Waals surface area contributed by atoms with Crippen molar-refractivity contribution in [2.24, 2.45) is 0 Å². The van der Waals surface area contributed by atoms with Crippen molar-refractivity contribution in [1.29, 1.82) is 5.26 Å². The van der Waals surface area contributed by atoms with E-state index in [0.29, 0.717) is 34.9 Å². The van der Waals surface area contributed by atoms with Gasteiger partial charge in [-0.3, -0.25) is 14.9 Å². The van der Waals surface area contributed by atoms with Gasteiger partial charge in [-0.2, -0.15) is 22.1 Å². The number of hydrogen-bond donors (Lipinski definition) is 1. The number of nitrogens with zero attached hydrogens (tertiary/aromatic N) is 4. The average Bonchev–Trinajstić information content (AvgIpc) is 3.33. The van der Waals surface area contributed by atoms with Gasteiger partial charge in [0.2, 0.25) is 5.91 Å². The molecule has 0 bridgehead atoms. The molecule has 180 valence electrons. The first-order chi connectivity index (χ1) is 17.5. The van der Waals surface area contributed by atoms with Gasteiger partial charge in [-0.05, 0) is 35.9 Å². The van der Waals surface area contributed by atoms with E-state index < -0.39 is 4.92 Å². The molecule has 0 fully saturated rings. The fraction of sp³-hybridized carbons (Fsp3) is 0.148. The lowest BCUT2D eigenvalue weighted by Crippen LogP contribution is -2.27. The molecule has 4 rings (SSSR count). The molecule has 0 radical (unpaired) electrons. The average molecular weight is 498 g/mol. The van der Waals surface area contributed by atoms with Crippen LogP contribution in [0.3, 0.4) is 0 Å². The molecule has 0 aliphatic carbocycles. The number of nitrogens with one attached hydrogen (secondary N) is 1. The Labute approximate surface area is 212 Å². The molecular formula is C27H23N5O3S. The smallest absolute Gasteiger partial charge is 0.269 e. The first-order valence-electron chi connectivity index (χ1n) is 11.3. The van der Waals surface area contributed by atoms with Crippen molar-refractivity contribution in [2.45, 2.75) is 12.2 Å². The molecule has 8 nitrogen and oxygen atoms in total. The SMILES string of the molecule is N#Cc1ccccc1CSCCNC(=O)Cc1cn(-c2ccccc2)nc1-c1ccc([N+](=O)[O-])cc1. The topological polar surface area (TPSA) is 114 Å². The van der Waals surface area contributed by atoms with Crippen LogP contribution in [0, 0.1) is 21.4 Å². The Balaban J connectivity index is 1.41. The number of nitro benzene ring substituents is 1. The molecule has 0 aliphatic heterocycles. The second-order valence-corrected chi connectivity index (χ2v) is 9.04. The van der Waals surface area contributed by atoms with Crippen LogP contribution in [-0.4, -0.2) is 32.9 Å². The zero-order valence-electron chi connectivity index (χ0n) is 19.3. The second kappa shape index (κ2) is 11.8. The van der Waals surface area contributed by atoms with Crippen molar-refractivity contribution < 1.29 is 9.72 Å². The number of benzene rings is 3. The maximum Gasteiger partial charge on any atom is 0.269 e. The molecule has 4 aromatic rings. The summed E-state index contributed by atoms with van der Waals surface area (Å²) in [4.78, 5) is 23.3. The van der Waals surface area contributed by atoms with E-state index in [1.807, 2.05) is 54.7 Å². The van der Waals surface area contributed by atoms with E-state index in [4.69, 9.17) is 0 Å². The zero-order valence-corrected chi connectivity index (χ0v) is 20.1. The lowest BCUT2D eigenvalue weighted by atomic mass is 10.1.